The molecule has 4 nitrogen and oxygen atoms in total. The maximum absolute atomic E-state index is 14.4. The quantitative estimate of drug-likeness (QED) is 0.848. The van der Waals surface area contributed by atoms with E-state index < -0.39 is 23.3 Å². The lowest BCUT2D eigenvalue weighted by Gasteiger charge is -2.33. The van der Waals surface area contributed by atoms with Gasteiger partial charge >= 0.3 is 5.97 Å². The average Bonchev–Trinajstić information content (AvgIpc) is 2.46. The Morgan fingerprint density at radius 2 is 1.92 bits per heavy atom. The molecule has 6 heteroatoms. The number of halogens is 2. The number of methoxy groups -OCH3 is 1. The van der Waals surface area contributed by atoms with Crippen molar-refractivity contribution in [1.29, 1.82) is 0 Å². The largest absolute Gasteiger partial charge is 0.497 e. The first-order valence-electron chi connectivity index (χ1n) is 8.19. The van der Waals surface area contributed by atoms with Gasteiger partial charge in [-0.1, -0.05) is 0 Å². The molecule has 1 aliphatic rings. The Bertz CT molecular complexity index is 575. The van der Waals surface area contributed by atoms with Crippen LogP contribution in [0.4, 0.5) is 8.78 Å². The molecule has 0 aromatic heterocycles. The molecule has 2 unspecified atom stereocenters. The number of ether oxygens (including phenoxy) is 2. The molecule has 1 fully saturated rings. The zero-order valence-electron chi connectivity index (χ0n) is 14.6. The molecule has 2 atom stereocenters. The summed E-state index contributed by atoms with van der Waals surface area (Å²) >= 11 is 0. The van der Waals surface area contributed by atoms with E-state index in [1.807, 2.05) is 0 Å². The van der Waals surface area contributed by atoms with Crippen LogP contribution in [0.15, 0.2) is 12.1 Å². The zero-order chi connectivity index (χ0) is 17.9. The minimum atomic E-state index is -0.666. The summed E-state index contributed by atoms with van der Waals surface area (Å²) in [5, 5.41) is 3.14. The van der Waals surface area contributed by atoms with Gasteiger partial charge in [0.2, 0.25) is 0 Å². The fraction of sp³-hybridized carbons (Fsp3) is 0.611. The van der Waals surface area contributed by atoms with Crippen molar-refractivity contribution in [1.82, 2.24) is 5.32 Å². The fourth-order valence-corrected chi connectivity index (χ4v) is 3.09. The lowest BCUT2D eigenvalue weighted by atomic mass is 9.83. The van der Waals surface area contributed by atoms with Gasteiger partial charge in [0.15, 0.2) is 0 Å². The highest BCUT2D eigenvalue weighted by Gasteiger charge is 2.33. The van der Waals surface area contributed by atoms with Crippen LogP contribution in [-0.2, 0) is 9.53 Å². The number of nitrogens with one attached hydrogen (secondary N) is 1. The van der Waals surface area contributed by atoms with Crippen molar-refractivity contribution >= 4 is 5.97 Å². The van der Waals surface area contributed by atoms with E-state index in [4.69, 9.17) is 9.47 Å². The van der Waals surface area contributed by atoms with Gasteiger partial charge in [-0.15, -0.1) is 0 Å². The maximum Gasteiger partial charge on any atom is 0.306 e. The highest BCUT2D eigenvalue weighted by Crippen LogP contribution is 2.36. The SMILES string of the molecule is COc1cc(F)c(C2NCCCC2CC(=O)OC(C)(C)C)c(F)c1. The molecule has 0 bridgehead atoms. The zero-order valence-corrected chi connectivity index (χ0v) is 14.6. The van der Waals surface area contributed by atoms with Gasteiger partial charge < -0.3 is 14.8 Å². The summed E-state index contributed by atoms with van der Waals surface area (Å²) in [6, 6.07) is 1.77. The van der Waals surface area contributed by atoms with Gasteiger partial charge in [0, 0.05) is 23.7 Å². The Balaban J connectivity index is 2.22. The van der Waals surface area contributed by atoms with Crippen LogP contribution in [0.25, 0.3) is 0 Å². The summed E-state index contributed by atoms with van der Waals surface area (Å²) in [7, 11) is 1.36. The minimum Gasteiger partial charge on any atom is -0.497 e. The van der Waals surface area contributed by atoms with E-state index in [1.165, 1.54) is 19.2 Å². The van der Waals surface area contributed by atoms with Gasteiger partial charge in [-0.05, 0) is 46.1 Å². The van der Waals surface area contributed by atoms with E-state index in [0.717, 1.165) is 6.42 Å². The van der Waals surface area contributed by atoms with Crippen LogP contribution >= 0.6 is 0 Å². The van der Waals surface area contributed by atoms with Gasteiger partial charge in [0.05, 0.1) is 13.5 Å². The van der Waals surface area contributed by atoms with E-state index in [1.54, 1.807) is 20.8 Å². The Kier molecular flexibility index (Phi) is 5.80. The molecule has 0 radical (unpaired) electrons. The van der Waals surface area contributed by atoms with Gasteiger partial charge in [0.1, 0.15) is 23.0 Å². The van der Waals surface area contributed by atoms with Crippen molar-refractivity contribution in [3.05, 3.63) is 29.3 Å². The molecule has 1 aromatic carbocycles. The molecule has 1 heterocycles. The van der Waals surface area contributed by atoms with Crippen LogP contribution in [0, 0.1) is 17.6 Å². The summed E-state index contributed by atoms with van der Waals surface area (Å²) in [5.41, 5.74) is -0.616. The molecule has 0 spiro atoms. The second-order valence-electron chi connectivity index (χ2n) is 7.13. The first-order valence-corrected chi connectivity index (χ1v) is 8.19. The number of carbonyl (C=O) groups excluding carboxylic acids is 1. The summed E-state index contributed by atoms with van der Waals surface area (Å²) in [6.45, 7) is 6.04. The molecule has 1 aromatic rings. The molecular weight excluding hydrogens is 316 g/mol. The lowest BCUT2D eigenvalue weighted by molar-refractivity contribution is -0.156. The topological polar surface area (TPSA) is 47.6 Å². The smallest absolute Gasteiger partial charge is 0.306 e. The van der Waals surface area contributed by atoms with Crippen LogP contribution in [0.3, 0.4) is 0 Å². The highest BCUT2D eigenvalue weighted by molar-refractivity contribution is 5.70. The molecule has 2 rings (SSSR count). The van der Waals surface area contributed by atoms with Gasteiger partial charge in [-0.3, -0.25) is 4.79 Å². The van der Waals surface area contributed by atoms with Crippen LogP contribution < -0.4 is 10.1 Å². The van der Waals surface area contributed by atoms with Crippen molar-refractivity contribution in [2.75, 3.05) is 13.7 Å². The summed E-state index contributed by atoms with van der Waals surface area (Å²) in [5.74, 6) is -1.77. The molecule has 1 aliphatic heterocycles. The van der Waals surface area contributed by atoms with Gasteiger partial charge in [-0.25, -0.2) is 8.78 Å². The number of rotatable bonds is 4. The Morgan fingerprint density at radius 3 is 2.46 bits per heavy atom. The van der Waals surface area contributed by atoms with E-state index in [-0.39, 0.29) is 29.6 Å². The first-order chi connectivity index (χ1) is 11.2. The van der Waals surface area contributed by atoms with E-state index >= 15 is 0 Å². The van der Waals surface area contributed by atoms with E-state index in [2.05, 4.69) is 5.32 Å². The molecular formula is C18H25F2NO3. The van der Waals surface area contributed by atoms with E-state index in [0.29, 0.717) is 13.0 Å². The highest BCUT2D eigenvalue weighted by atomic mass is 19.1. The molecule has 1 saturated heterocycles. The third kappa shape index (κ3) is 4.66. The number of benzene rings is 1. The standard InChI is InChI=1S/C18H25F2NO3/c1-18(2,3)24-15(22)8-11-6-5-7-21-17(11)16-13(19)9-12(23-4)10-14(16)20/h9-11,17,21H,5-8H2,1-4H3. The minimum absolute atomic E-state index is 0.0379. The summed E-state index contributed by atoms with van der Waals surface area (Å²) in [4.78, 5) is 12.1. The molecule has 1 N–H and O–H groups in total. The van der Waals surface area contributed by atoms with Crippen LogP contribution in [0.2, 0.25) is 0 Å². The summed E-state index contributed by atoms with van der Waals surface area (Å²) < 4.78 is 39.0. The normalized spacial score (nSPS) is 21.4. The Hall–Kier alpha value is -1.69. The van der Waals surface area contributed by atoms with Crippen molar-refractivity contribution in [3.63, 3.8) is 0 Å². The van der Waals surface area contributed by atoms with Crippen LogP contribution in [0.1, 0.15) is 51.6 Å². The average molecular weight is 341 g/mol. The number of hydrogen-bond donors (Lipinski definition) is 1. The molecule has 0 aliphatic carbocycles. The fourth-order valence-electron chi connectivity index (χ4n) is 3.09. The van der Waals surface area contributed by atoms with Crippen molar-refractivity contribution < 1.29 is 23.0 Å². The monoisotopic (exact) mass is 341 g/mol. The lowest BCUT2D eigenvalue weighted by Crippen LogP contribution is -2.37. The molecule has 24 heavy (non-hydrogen) atoms. The third-order valence-corrected chi connectivity index (χ3v) is 4.04. The summed E-state index contributed by atoms with van der Waals surface area (Å²) in [6.07, 6.45) is 1.69. The van der Waals surface area contributed by atoms with Crippen LogP contribution in [0.5, 0.6) is 5.75 Å². The second kappa shape index (κ2) is 7.47. The Labute approximate surface area is 141 Å². The Morgan fingerprint density at radius 1 is 1.29 bits per heavy atom. The maximum atomic E-state index is 14.4. The molecule has 0 saturated carbocycles. The van der Waals surface area contributed by atoms with Gasteiger partial charge in [0.25, 0.3) is 0 Å². The third-order valence-electron chi connectivity index (χ3n) is 4.04. The number of hydrogen-bond acceptors (Lipinski definition) is 4. The number of carbonyl (C=O) groups is 1. The predicted octanol–water partition coefficient (Wildman–Crippen LogP) is 3.75. The van der Waals surface area contributed by atoms with Gasteiger partial charge in [-0.2, -0.15) is 0 Å². The number of esters is 1. The molecule has 134 valence electrons. The second-order valence-corrected chi connectivity index (χ2v) is 7.13. The first kappa shape index (κ1) is 18.6. The van der Waals surface area contributed by atoms with Crippen molar-refractivity contribution in [2.24, 2.45) is 5.92 Å². The van der Waals surface area contributed by atoms with Crippen molar-refractivity contribution in [2.45, 2.75) is 51.7 Å². The van der Waals surface area contributed by atoms with Crippen LogP contribution in [-0.4, -0.2) is 25.2 Å². The number of piperidine rings is 1. The predicted molar refractivity (Wildman–Crippen MR) is 86.8 cm³/mol. The van der Waals surface area contributed by atoms with Crippen molar-refractivity contribution in [3.8, 4) is 5.75 Å². The van der Waals surface area contributed by atoms with E-state index in [9.17, 15) is 13.6 Å². The molecule has 0 amide bonds.